The van der Waals surface area contributed by atoms with Crippen molar-refractivity contribution in [1.82, 2.24) is 10.2 Å². The van der Waals surface area contributed by atoms with Gasteiger partial charge in [-0.3, -0.25) is 14.4 Å². The number of amides is 2. The molecule has 1 atom stereocenters. The molecule has 0 spiro atoms. The van der Waals surface area contributed by atoms with Gasteiger partial charge in [0.15, 0.2) is 0 Å². The summed E-state index contributed by atoms with van der Waals surface area (Å²) in [5, 5.41) is 2.78. The van der Waals surface area contributed by atoms with Crippen LogP contribution < -0.4 is 5.32 Å². The number of ether oxygens (including phenoxy) is 1. The van der Waals surface area contributed by atoms with Gasteiger partial charge in [-0.1, -0.05) is 107 Å². The lowest BCUT2D eigenvalue weighted by molar-refractivity contribution is -0.147. The minimum atomic E-state index is -0.852. The fourth-order valence-corrected chi connectivity index (χ4v) is 4.75. The van der Waals surface area contributed by atoms with Crippen LogP contribution in [0.1, 0.15) is 87.9 Å². The van der Waals surface area contributed by atoms with Crippen molar-refractivity contribution in [3.05, 3.63) is 60.2 Å². The maximum absolute atomic E-state index is 13.2. The molecule has 0 aromatic heterocycles. The van der Waals surface area contributed by atoms with Crippen LogP contribution in [0.25, 0.3) is 11.1 Å². The smallest absolute Gasteiger partial charge is 0.308 e. The van der Waals surface area contributed by atoms with E-state index in [0.29, 0.717) is 25.3 Å². The summed E-state index contributed by atoms with van der Waals surface area (Å²) in [4.78, 5) is 39.8. The average molecular weight is 507 g/mol. The Balaban J connectivity index is 1.42. The standard InChI is InChI=1S/C31H42N2O4/c1-2-3-4-5-6-7-8-9-10-14-23-37-29(34)24-28-30(35)32-21-22-33(28)31(36)27-19-17-26(18-20-27)25-15-12-11-13-16-25/h11-13,15-20,28H,2-10,14,21-24H2,1H3,(H,32,35). The van der Waals surface area contributed by atoms with Crippen molar-refractivity contribution in [3.63, 3.8) is 0 Å². The van der Waals surface area contributed by atoms with Crippen molar-refractivity contribution in [2.24, 2.45) is 0 Å². The molecule has 2 aromatic rings. The van der Waals surface area contributed by atoms with Crippen LogP contribution in [0.2, 0.25) is 0 Å². The van der Waals surface area contributed by atoms with E-state index in [1.54, 1.807) is 12.1 Å². The first-order valence-corrected chi connectivity index (χ1v) is 14.0. The molecule has 1 aliphatic rings. The van der Waals surface area contributed by atoms with Crippen molar-refractivity contribution in [2.45, 2.75) is 83.6 Å². The number of piperazine rings is 1. The summed E-state index contributed by atoms with van der Waals surface area (Å²) in [6, 6.07) is 16.5. The molecular formula is C31H42N2O4. The molecule has 0 saturated carbocycles. The van der Waals surface area contributed by atoms with Crippen LogP contribution in [0, 0.1) is 0 Å². The van der Waals surface area contributed by atoms with Gasteiger partial charge in [0.25, 0.3) is 5.91 Å². The lowest BCUT2D eigenvalue weighted by Gasteiger charge is -2.34. The van der Waals surface area contributed by atoms with Gasteiger partial charge in [0.05, 0.1) is 13.0 Å². The second-order valence-electron chi connectivity index (χ2n) is 9.86. The molecule has 1 N–H and O–H groups in total. The van der Waals surface area contributed by atoms with Gasteiger partial charge in [0, 0.05) is 18.7 Å². The number of hydrogen-bond acceptors (Lipinski definition) is 4. The van der Waals surface area contributed by atoms with E-state index < -0.39 is 12.0 Å². The minimum Gasteiger partial charge on any atom is -0.466 e. The maximum Gasteiger partial charge on any atom is 0.308 e. The van der Waals surface area contributed by atoms with Crippen LogP contribution in [0.4, 0.5) is 0 Å². The van der Waals surface area contributed by atoms with E-state index in [1.165, 1.54) is 49.8 Å². The Bertz CT molecular complexity index is 974. The van der Waals surface area contributed by atoms with Gasteiger partial charge in [-0.25, -0.2) is 0 Å². The molecule has 0 bridgehead atoms. The van der Waals surface area contributed by atoms with E-state index in [9.17, 15) is 14.4 Å². The topological polar surface area (TPSA) is 75.7 Å². The van der Waals surface area contributed by atoms with Gasteiger partial charge >= 0.3 is 5.97 Å². The molecule has 1 fully saturated rings. The number of nitrogens with one attached hydrogen (secondary N) is 1. The number of hydrogen-bond donors (Lipinski definition) is 1. The highest BCUT2D eigenvalue weighted by molar-refractivity contribution is 5.99. The molecule has 1 saturated heterocycles. The maximum atomic E-state index is 13.2. The predicted octanol–water partition coefficient (Wildman–Crippen LogP) is 6.15. The second-order valence-corrected chi connectivity index (χ2v) is 9.86. The number of unbranched alkanes of at least 4 members (excludes halogenated alkanes) is 9. The molecular weight excluding hydrogens is 464 g/mol. The molecule has 6 heteroatoms. The van der Waals surface area contributed by atoms with Crippen molar-refractivity contribution in [1.29, 1.82) is 0 Å². The molecule has 0 radical (unpaired) electrons. The molecule has 37 heavy (non-hydrogen) atoms. The Labute approximate surface area is 221 Å². The van der Waals surface area contributed by atoms with Crippen molar-refractivity contribution in [3.8, 4) is 11.1 Å². The quantitative estimate of drug-likeness (QED) is 0.232. The number of benzene rings is 2. The van der Waals surface area contributed by atoms with Gasteiger partial charge in [0.2, 0.25) is 5.91 Å². The fraction of sp³-hybridized carbons (Fsp3) is 0.516. The molecule has 1 aliphatic heterocycles. The molecule has 3 rings (SSSR count). The third kappa shape index (κ3) is 9.34. The molecule has 2 amide bonds. The van der Waals surface area contributed by atoms with Crippen molar-refractivity contribution in [2.75, 3.05) is 19.7 Å². The summed E-state index contributed by atoms with van der Waals surface area (Å²) in [5.41, 5.74) is 2.58. The zero-order chi connectivity index (χ0) is 26.3. The van der Waals surface area contributed by atoms with E-state index >= 15 is 0 Å². The van der Waals surface area contributed by atoms with E-state index in [2.05, 4.69) is 12.2 Å². The molecule has 1 unspecified atom stereocenters. The summed E-state index contributed by atoms with van der Waals surface area (Å²) >= 11 is 0. The van der Waals surface area contributed by atoms with Crippen molar-refractivity contribution < 1.29 is 19.1 Å². The molecule has 200 valence electrons. The Morgan fingerprint density at radius 3 is 2.08 bits per heavy atom. The van der Waals surface area contributed by atoms with Crippen LogP contribution in [-0.4, -0.2) is 48.4 Å². The lowest BCUT2D eigenvalue weighted by Crippen LogP contribution is -2.57. The van der Waals surface area contributed by atoms with Gasteiger partial charge < -0.3 is 15.0 Å². The number of esters is 1. The van der Waals surface area contributed by atoms with Crippen LogP contribution in [-0.2, 0) is 14.3 Å². The Morgan fingerprint density at radius 1 is 0.838 bits per heavy atom. The predicted molar refractivity (Wildman–Crippen MR) is 147 cm³/mol. The summed E-state index contributed by atoms with van der Waals surface area (Å²) in [6.45, 7) is 3.33. The minimum absolute atomic E-state index is 0.128. The van der Waals surface area contributed by atoms with E-state index in [4.69, 9.17) is 4.74 Å². The summed E-state index contributed by atoms with van der Waals surface area (Å²) in [5.74, 6) is -0.992. The largest absolute Gasteiger partial charge is 0.466 e. The Hall–Kier alpha value is -3.15. The third-order valence-corrected chi connectivity index (χ3v) is 6.95. The van der Waals surface area contributed by atoms with Gasteiger partial charge in [0.1, 0.15) is 6.04 Å². The van der Waals surface area contributed by atoms with Crippen LogP contribution in [0.5, 0.6) is 0 Å². The van der Waals surface area contributed by atoms with Gasteiger partial charge in [-0.2, -0.15) is 0 Å². The average Bonchev–Trinajstić information content (AvgIpc) is 2.93. The monoisotopic (exact) mass is 506 g/mol. The summed E-state index contributed by atoms with van der Waals surface area (Å²) < 4.78 is 5.41. The highest BCUT2D eigenvalue weighted by Crippen LogP contribution is 2.21. The molecule has 6 nitrogen and oxygen atoms in total. The van der Waals surface area contributed by atoms with Crippen molar-refractivity contribution >= 4 is 17.8 Å². The Morgan fingerprint density at radius 2 is 1.43 bits per heavy atom. The molecule has 1 heterocycles. The molecule has 2 aromatic carbocycles. The zero-order valence-electron chi connectivity index (χ0n) is 22.3. The fourth-order valence-electron chi connectivity index (χ4n) is 4.75. The third-order valence-electron chi connectivity index (χ3n) is 6.95. The van der Waals surface area contributed by atoms with E-state index in [0.717, 1.165) is 30.4 Å². The SMILES string of the molecule is CCCCCCCCCCCCOC(=O)CC1C(=O)NCCN1C(=O)c1ccc(-c2ccccc2)cc1. The highest BCUT2D eigenvalue weighted by Gasteiger charge is 2.35. The second kappa shape index (κ2) is 15.9. The number of carbonyl (C=O) groups is 3. The first-order valence-electron chi connectivity index (χ1n) is 14.0. The number of rotatable bonds is 15. The molecule has 0 aliphatic carbocycles. The van der Waals surface area contributed by atoms with Crippen LogP contribution in [0.15, 0.2) is 54.6 Å². The Kier molecular flexibility index (Phi) is 12.2. The first kappa shape index (κ1) is 28.4. The number of carbonyl (C=O) groups excluding carboxylic acids is 3. The number of nitrogens with zero attached hydrogens (tertiary/aromatic N) is 1. The lowest BCUT2D eigenvalue weighted by atomic mass is 10.0. The van der Waals surface area contributed by atoms with E-state index in [-0.39, 0.29) is 18.2 Å². The van der Waals surface area contributed by atoms with E-state index in [1.807, 2.05) is 42.5 Å². The summed E-state index contributed by atoms with van der Waals surface area (Å²) in [6.07, 6.45) is 12.0. The van der Waals surface area contributed by atoms with Crippen LogP contribution >= 0.6 is 0 Å². The zero-order valence-corrected chi connectivity index (χ0v) is 22.3. The highest BCUT2D eigenvalue weighted by atomic mass is 16.5. The normalized spacial score (nSPS) is 15.3. The first-order chi connectivity index (χ1) is 18.1. The van der Waals surface area contributed by atoms with Gasteiger partial charge in [-0.05, 0) is 29.7 Å². The van der Waals surface area contributed by atoms with Gasteiger partial charge in [-0.15, -0.1) is 0 Å². The van der Waals surface area contributed by atoms with Crippen LogP contribution in [0.3, 0.4) is 0 Å². The summed E-state index contributed by atoms with van der Waals surface area (Å²) in [7, 11) is 0.